The first-order chi connectivity index (χ1) is 15.0. The molecule has 31 heavy (non-hydrogen) atoms. The van der Waals surface area contributed by atoms with E-state index in [-0.39, 0.29) is 24.1 Å². The molecule has 3 fully saturated rings. The number of nitrogens with zero attached hydrogens (tertiary/aromatic N) is 1. The van der Waals surface area contributed by atoms with Crippen LogP contribution in [0.15, 0.2) is 18.2 Å². The minimum atomic E-state index is -0.557. The van der Waals surface area contributed by atoms with Crippen LogP contribution in [0.2, 0.25) is 0 Å². The quantitative estimate of drug-likeness (QED) is 0.723. The predicted molar refractivity (Wildman–Crippen MR) is 114 cm³/mol. The molecule has 0 bridgehead atoms. The zero-order valence-corrected chi connectivity index (χ0v) is 18.0. The normalized spacial score (nSPS) is 26.3. The molecule has 5 rings (SSSR count). The predicted octanol–water partition coefficient (Wildman–Crippen LogP) is 2.28. The number of fused-ring (bicyclic) bond motifs is 1. The number of hydrogen-bond acceptors (Lipinski definition) is 5. The first-order valence-corrected chi connectivity index (χ1v) is 11.6. The number of carbonyl (C=O) groups is 3. The Morgan fingerprint density at radius 3 is 2.58 bits per heavy atom. The van der Waals surface area contributed by atoms with Crippen LogP contribution in [0.5, 0.6) is 0 Å². The molecule has 2 N–H and O–H groups in total. The number of amides is 3. The molecule has 3 aliphatic heterocycles. The van der Waals surface area contributed by atoms with Crippen molar-refractivity contribution in [2.45, 2.75) is 76.5 Å². The third kappa shape index (κ3) is 4.13. The summed E-state index contributed by atoms with van der Waals surface area (Å²) in [6.07, 6.45) is 8.10. The van der Waals surface area contributed by atoms with Crippen molar-refractivity contribution in [1.82, 2.24) is 15.5 Å². The topological polar surface area (TPSA) is 87.7 Å². The number of rotatable bonds is 4. The highest BCUT2D eigenvalue weighted by Crippen LogP contribution is 2.44. The molecule has 1 saturated carbocycles. The lowest BCUT2D eigenvalue weighted by atomic mass is 9.68. The van der Waals surface area contributed by atoms with E-state index >= 15 is 0 Å². The lowest BCUT2D eigenvalue weighted by Crippen LogP contribution is -2.52. The van der Waals surface area contributed by atoms with Crippen LogP contribution in [0.25, 0.3) is 0 Å². The van der Waals surface area contributed by atoms with Crippen molar-refractivity contribution in [3.63, 3.8) is 0 Å². The Labute approximate surface area is 182 Å². The van der Waals surface area contributed by atoms with E-state index in [4.69, 9.17) is 4.74 Å². The van der Waals surface area contributed by atoms with Gasteiger partial charge >= 0.3 is 0 Å². The van der Waals surface area contributed by atoms with Crippen LogP contribution < -0.4 is 10.6 Å². The van der Waals surface area contributed by atoms with Gasteiger partial charge < -0.3 is 15.0 Å². The average molecular weight is 426 g/mol. The van der Waals surface area contributed by atoms with Crippen LogP contribution in [0.3, 0.4) is 0 Å². The van der Waals surface area contributed by atoms with Crippen LogP contribution in [-0.2, 0) is 27.4 Å². The standard InChI is InChI=1S/C24H31N3O4/c28-21-4-3-20(22(29)26-21)27-15-17-13-16(1-2-19(17)23(27)30)14-25-18-5-7-24(8-6-18)9-11-31-12-10-24/h1-2,13,18,20,25H,3-12,14-15H2,(H,26,28,29). The molecule has 3 amide bonds. The van der Waals surface area contributed by atoms with Crippen LogP contribution in [0, 0.1) is 5.41 Å². The fraction of sp³-hybridized carbons (Fsp3) is 0.625. The number of hydrogen-bond donors (Lipinski definition) is 2. The maximum absolute atomic E-state index is 12.8. The summed E-state index contributed by atoms with van der Waals surface area (Å²) in [5.74, 6) is -0.735. The minimum Gasteiger partial charge on any atom is -0.381 e. The van der Waals surface area contributed by atoms with Crippen molar-refractivity contribution < 1.29 is 19.1 Å². The molecule has 7 heteroatoms. The average Bonchev–Trinajstić information content (AvgIpc) is 3.10. The summed E-state index contributed by atoms with van der Waals surface area (Å²) in [6, 6.07) is 5.98. The fourth-order valence-corrected chi connectivity index (χ4v) is 5.74. The number of benzene rings is 1. The van der Waals surface area contributed by atoms with E-state index in [0.717, 1.165) is 25.3 Å². The van der Waals surface area contributed by atoms with Gasteiger partial charge in [0.25, 0.3) is 5.91 Å². The molecule has 1 unspecified atom stereocenters. The Balaban J connectivity index is 1.17. The molecule has 166 valence electrons. The number of carbonyl (C=O) groups excluding carboxylic acids is 3. The van der Waals surface area contributed by atoms with E-state index in [1.165, 1.54) is 44.1 Å². The van der Waals surface area contributed by atoms with Crippen molar-refractivity contribution in [3.8, 4) is 0 Å². The van der Waals surface area contributed by atoms with Gasteiger partial charge in [0.2, 0.25) is 11.8 Å². The second kappa shape index (κ2) is 8.36. The zero-order chi connectivity index (χ0) is 21.4. The highest BCUT2D eigenvalue weighted by Gasteiger charge is 2.39. The Bertz CT molecular complexity index is 883. The van der Waals surface area contributed by atoms with Crippen LogP contribution in [0.4, 0.5) is 0 Å². The van der Waals surface area contributed by atoms with E-state index < -0.39 is 6.04 Å². The van der Waals surface area contributed by atoms with Gasteiger partial charge in [-0.2, -0.15) is 0 Å². The molecule has 4 aliphatic rings. The fourth-order valence-electron chi connectivity index (χ4n) is 5.74. The SMILES string of the molecule is O=C1CCC(N2Cc3cc(CNC4CCC5(CCOCC5)CC4)ccc3C2=O)C(=O)N1. The Morgan fingerprint density at radius 1 is 1.06 bits per heavy atom. The first-order valence-electron chi connectivity index (χ1n) is 11.6. The number of nitrogens with one attached hydrogen (secondary N) is 2. The van der Waals surface area contributed by atoms with E-state index in [1.54, 1.807) is 4.90 Å². The van der Waals surface area contributed by atoms with E-state index in [1.807, 2.05) is 12.1 Å². The summed E-state index contributed by atoms with van der Waals surface area (Å²) < 4.78 is 5.55. The highest BCUT2D eigenvalue weighted by atomic mass is 16.5. The third-order valence-electron chi connectivity index (χ3n) is 7.78. The van der Waals surface area contributed by atoms with Gasteiger partial charge in [-0.05, 0) is 67.6 Å². The van der Waals surface area contributed by atoms with Crippen molar-refractivity contribution in [2.24, 2.45) is 5.41 Å². The second-order valence-electron chi connectivity index (χ2n) is 9.66. The maximum atomic E-state index is 12.8. The minimum absolute atomic E-state index is 0.113. The lowest BCUT2D eigenvalue weighted by molar-refractivity contribution is -0.136. The summed E-state index contributed by atoms with van der Waals surface area (Å²) >= 11 is 0. The van der Waals surface area contributed by atoms with Gasteiger partial charge in [0.1, 0.15) is 6.04 Å². The van der Waals surface area contributed by atoms with Gasteiger partial charge in [0, 0.05) is 44.3 Å². The first kappa shape index (κ1) is 20.6. The maximum Gasteiger partial charge on any atom is 0.255 e. The van der Waals surface area contributed by atoms with E-state index in [2.05, 4.69) is 16.7 Å². The molecule has 1 atom stereocenters. The molecule has 1 aromatic carbocycles. The molecule has 0 aromatic heterocycles. The smallest absolute Gasteiger partial charge is 0.255 e. The van der Waals surface area contributed by atoms with E-state index in [9.17, 15) is 14.4 Å². The number of piperidine rings is 1. The molecular formula is C24H31N3O4. The van der Waals surface area contributed by atoms with Gasteiger partial charge in [-0.3, -0.25) is 19.7 Å². The lowest BCUT2D eigenvalue weighted by Gasteiger charge is -2.43. The van der Waals surface area contributed by atoms with Crippen molar-refractivity contribution >= 4 is 17.7 Å². The van der Waals surface area contributed by atoms with Gasteiger partial charge in [0.05, 0.1) is 0 Å². The zero-order valence-electron chi connectivity index (χ0n) is 18.0. The molecule has 0 radical (unpaired) electrons. The van der Waals surface area contributed by atoms with Crippen LogP contribution in [-0.4, -0.2) is 47.9 Å². The molecule has 3 heterocycles. The number of imide groups is 1. The van der Waals surface area contributed by atoms with Gasteiger partial charge in [-0.15, -0.1) is 0 Å². The summed E-state index contributed by atoms with van der Waals surface area (Å²) in [5.41, 5.74) is 3.33. The monoisotopic (exact) mass is 425 g/mol. The largest absolute Gasteiger partial charge is 0.381 e. The summed E-state index contributed by atoms with van der Waals surface area (Å²) in [6.45, 7) is 3.06. The Hall–Kier alpha value is -2.25. The van der Waals surface area contributed by atoms with Crippen molar-refractivity contribution in [2.75, 3.05) is 13.2 Å². The van der Waals surface area contributed by atoms with Crippen molar-refractivity contribution in [1.29, 1.82) is 0 Å². The Morgan fingerprint density at radius 2 is 1.84 bits per heavy atom. The third-order valence-corrected chi connectivity index (χ3v) is 7.78. The molecular weight excluding hydrogens is 394 g/mol. The summed E-state index contributed by atoms with van der Waals surface area (Å²) in [5, 5.41) is 6.07. The second-order valence-corrected chi connectivity index (χ2v) is 9.66. The summed E-state index contributed by atoms with van der Waals surface area (Å²) in [7, 11) is 0. The van der Waals surface area contributed by atoms with Gasteiger partial charge in [-0.25, -0.2) is 0 Å². The van der Waals surface area contributed by atoms with Gasteiger partial charge in [0.15, 0.2) is 0 Å². The molecule has 1 spiro atoms. The molecule has 1 aliphatic carbocycles. The van der Waals surface area contributed by atoms with E-state index in [0.29, 0.717) is 30.0 Å². The molecule has 1 aromatic rings. The number of ether oxygens (including phenoxy) is 1. The van der Waals surface area contributed by atoms with Crippen LogP contribution >= 0.6 is 0 Å². The van der Waals surface area contributed by atoms with Crippen LogP contribution in [0.1, 0.15) is 72.9 Å². The highest BCUT2D eigenvalue weighted by molar-refractivity contribution is 6.05. The van der Waals surface area contributed by atoms with Gasteiger partial charge in [-0.1, -0.05) is 12.1 Å². The van der Waals surface area contributed by atoms with Crippen molar-refractivity contribution in [3.05, 3.63) is 34.9 Å². The summed E-state index contributed by atoms with van der Waals surface area (Å²) in [4.78, 5) is 38.1. The Kier molecular flexibility index (Phi) is 5.56. The molecule has 7 nitrogen and oxygen atoms in total. The molecule has 2 saturated heterocycles.